The van der Waals surface area contributed by atoms with Gasteiger partial charge in [0, 0.05) is 10.8 Å². The average Bonchev–Trinajstić information content (AvgIpc) is 3.59. The zero-order chi connectivity index (χ0) is 39.6. The van der Waals surface area contributed by atoms with Gasteiger partial charge in [0.25, 0.3) is 0 Å². The van der Waals surface area contributed by atoms with E-state index in [9.17, 15) is 5.48 Å². The summed E-state index contributed by atoms with van der Waals surface area (Å²) in [5.41, 5.74) is 2.37. The van der Waals surface area contributed by atoms with Crippen LogP contribution in [0, 0.1) is 0 Å². The van der Waals surface area contributed by atoms with Gasteiger partial charge in [0.05, 0.1) is 17.8 Å². The van der Waals surface area contributed by atoms with Gasteiger partial charge in [-0.25, -0.2) is 0 Å². The van der Waals surface area contributed by atoms with E-state index >= 15 is 0 Å². The van der Waals surface area contributed by atoms with Crippen LogP contribution < -0.4 is 0 Å². The Morgan fingerprint density at radius 3 is 1.79 bits per heavy atom. The van der Waals surface area contributed by atoms with Crippen molar-refractivity contribution in [2.75, 3.05) is 0 Å². The van der Waals surface area contributed by atoms with Crippen LogP contribution in [0.15, 0.2) is 162 Å². The summed E-state index contributed by atoms with van der Waals surface area (Å²) in [4.78, 5) is 0. The van der Waals surface area contributed by atoms with E-state index in [0.29, 0.717) is 27.5 Å². The Morgan fingerprint density at radius 2 is 1.05 bits per heavy atom. The van der Waals surface area contributed by atoms with Crippen molar-refractivity contribution < 1.29 is 22.2 Å². The van der Waals surface area contributed by atoms with Gasteiger partial charge < -0.3 is 4.42 Å². The maximum absolute atomic E-state index is 9.31. The molecule has 0 fully saturated rings. The Hall–Kier alpha value is -5.66. The highest BCUT2D eigenvalue weighted by Gasteiger charge is 2.20. The minimum atomic E-state index is -0.717. The highest BCUT2D eigenvalue weighted by atomic mass is 16.3. The minimum absolute atomic E-state index is 0.0528. The molecule has 0 spiro atoms. The van der Waals surface area contributed by atoms with Crippen molar-refractivity contribution >= 4 is 54.3 Å². The van der Waals surface area contributed by atoms with Crippen molar-refractivity contribution in [3.8, 4) is 33.4 Å². The van der Waals surface area contributed by atoms with Crippen LogP contribution in [0.4, 0.5) is 0 Å². The van der Waals surface area contributed by atoms with Crippen molar-refractivity contribution in [1.82, 2.24) is 0 Å². The van der Waals surface area contributed by atoms with Crippen LogP contribution in [0.25, 0.3) is 87.6 Å². The lowest BCUT2D eigenvalue weighted by Gasteiger charge is -2.18. The SMILES string of the molecule is [2H]c1c([2H])c([2H])c(-c2c3c([2H])c([2H])c([2H])c([2H])c3c(-c3cccc4oc5cc(-c6ccc7ccccc7c6)ccc5c34)c3c([2H])c([2H])c([2H])c([2H])c23)c([2H])c1[2H]. The normalized spacial score (nSPS) is 16.0. The molecular formula is C42H26O. The minimum Gasteiger partial charge on any atom is -0.456 e. The van der Waals surface area contributed by atoms with Crippen molar-refractivity contribution in [2.45, 2.75) is 0 Å². The summed E-state index contributed by atoms with van der Waals surface area (Å²) in [5, 5.41) is 2.50. The van der Waals surface area contributed by atoms with E-state index in [-0.39, 0.29) is 32.7 Å². The second-order valence-electron chi connectivity index (χ2n) is 10.3. The lowest BCUT2D eigenvalue weighted by molar-refractivity contribution is 0.669. The summed E-state index contributed by atoms with van der Waals surface area (Å²) in [6.45, 7) is 0. The number of rotatable bonds is 3. The smallest absolute Gasteiger partial charge is 0.136 e. The van der Waals surface area contributed by atoms with Crippen molar-refractivity contribution in [3.63, 3.8) is 0 Å². The van der Waals surface area contributed by atoms with E-state index in [4.69, 9.17) is 16.8 Å². The Kier molecular flexibility index (Phi) is 3.18. The lowest BCUT2D eigenvalue weighted by Crippen LogP contribution is -1.91. The number of hydrogen-bond acceptors (Lipinski definition) is 1. The van der Waals surface area contributed by atoms with E-state index < -0.39 is 84.1 Å². The zero-order valence-corrected chi connectivity index (χ0v) is 22.4. The molecule has 1 heterocycles. The summed E-state index contributed by atoms with van der Waals surface area (Å²) >= 11 is 0. The molecule has 9 aromatic rings. The van der Waals surface area contributed by atoms with Gasteiger partial charge in [-0.1, -0.05) is 133 Å². The average molecular weight is 560 g/mol. The number of fused-ring (bicyclic) bond motifs is 6. The van der Waals surface area contributed by atoms with Gasteiger partial charge >= 0.3 is 0 Å². The van der Waals surface area contributed by atoms with E-state index in [1.54, 1.807) is 18.2 Å². The largest absolute Gasteiger partial charge is 0.456 e. The second-order valence-corrected chi connectivity index (χ2v) is 10.3. The molecule has 1 nitrogen and oxygen atoms in total. The van der Waals surface area contributed by atoms with Gasteiger partial charge in [0.2, 0.25) is 0 Å². The summed E-state index contributed by atoms with van der Waals surface area (Å²) < 4.78 is 121. The molecule has 8 aromatic carbocycles. The molecule has 1 heteroatoms. The maximum atomic E-state index is 9.31. The first-order valence-electron chi connectivity index (χ1n) is 20.2. The molecule has 0 aliphatic heterocycles. The quantitative estimate of drug-likeness (QED) is 0.196. The maximum Gasteiger partial charge on any atom is 0.136 e. The van der Waals surface area contributed by atoms with Crippen molar-refractivity contribution in [3.05, 3.63) is 157 Å². The zero-order valence-electron chi connectivity index (χ0n) is 35.4. The Balaban J connectivity index is 1.48. The topological polar surface area (TPSA) is 13.1 Å². The predicted molar refractivity (Wildman–Crippen MR) is 183 cm³/mol. The van der Waals surface area contributed by atoms with Gasteiger partial charge in [-0.2, -0.15) is 0 Å². The van der Waals surface area contributed by atoms with Crippen LogP contribution >= 0.6 is 0 Å². The molecule has 43 heavy (non-hydrogen) atoms. The predicted octanol–water partition coefficient (Wildman–Crippen LogP) is 12.0. The summed E-state index contributed by atoms with van der Waals surface area (Å²) in [6, 6.07) is 16.6. The van der Waals surface area contributed by atoms with Gasteiger partial charge in [-0.05, 0) is 90.0 Å². The number of hydrogen-bond donors (Lipinski definition) is 0. The fraction of sp³-hybridized carbons (Fsp3) is 0. The third-order valence-electron chi connectivity index (χ3n) is 7.97. The van der Waals surface area contributed by atoms with Crippen LogP contribution in [0.1, 0.15) is 17.8 Å². The van der Waals surface area contributed by atoms with E-state index in [1.165, 1.54) is 0 Å². The van der Waals surface area contributed by atoms with Crippen LogP contribution in [0.3, 0.4) is 0 Å². The molecule has 0 unspecified atom stereocenters. The molecule has 0 amide bonds. The van der Waals surface area contributed by atoms with Crippen LogP contribution in [0.5, 0.6) is 0 Å². The Morgan fingerprint density at radius 1 is 0.419 bits per heavy atom. The molecule has 0 bridgehead atoms. The van der Waals surface area contributed by atoms with Crippen LogP contribution in [0.2, 0.25) is 0 Å². The summed E-state index contributed by atoms with van der Waals surface area (Å²) in [5.74, 6) is 0. The fourth-order valence-electron chi connectivity index (χ4n) is 6.10. The second kappa shape index (κ2) is 9.44. The molecule has 0 aliphatic rings. The molecule has 0 N–H and O–H groups in total. The van der Waals surface area contributed by atoms with Gasteiger partial charge in [0.1, 0.15) is 11.2 Å². The first-order chi connectivity index (χ1) is 26.7. The standard InChI is InChI=1S/C42H26O/c1-2-12-28(13-3-1)40-32-15-6-8-17-34(32)41(35-18-9-7-16-33(35)40)37-19-10-20-38-42(37)36-24-23-31(26-39(36)43-38)30-22-21-27-11-4-5-14-29(27)25-30/h1-26H/i1D,2D,3D,6D,7D,8D,9D,12D,13D,15D,16D,17D,18D. The van der Waals surface area contributed by atoms with E-state index in [0.717, 1.165) is 21.9 Å². The molecule has 1 aromatic heterocycles. The third kappa shape index (κ3) is 3.72. The molecule has 0 saturated heterocycles. The Labute approximate surface area is 267 Å². The van der Waals surface area contributed by atoms with Gasteiger partial charge in [0.15, 0.2) is 0 Å². The first kappa shape index (κ1) is 14.5. The highest BCUT2D eigenvalue weighted by Crippen LogP contribution is 2.47. The summed E-state index contributed by atoms with van der Waals surface area (Å²) in [7, 11) is 0. The molecule has 0 atom stereocenters. The van der Waals surface area contributed by atoms with Crippen molar-refractivity contribution in [1.29, 1.82) is 0 Å². The molecule has 0 aliphatic carbocycles. The van der Waals surface area contributed by atoms with Gasteiger partial charge in [-0.15, -0.1) is 0 Å². The molecular weight excluding hydrogens is 520 g/mol. The van der Waals surface area contributed by atoms with E-state index in [1.807, 2.05) is 54.6 Å². The third-order valence-corrected chi connectivity index (χ3v) is 7.97. The lowest BCUT2D eigenvalue weighted by atomic mass is 9.85. The number of benzene rings is 8. The van der Waals surface area contributed by atoms with Gasteiger partial charge in [-0.3, -0.25) is 0 Å². The molecule has 0 radical (unpaired) electrons. The van der Waals surface area contributed by atoms with Crippen LogP contribution in [-0.4, -0.2) is 0 Å². The monoisotopic (exact) mass is 559 g/mol. The first-order valence-corrected chi connectivity index (χ1v) is 13.7. The van der Waals surface area contributed by atoms with Crippen molar-refractivity contribution in [2.24, 2.45) is 0 Å². The highest BCUT2D eigenvalue weighted by molar-refractivity contribution is 6.25. The molecule has 9 rings (SSSR count). The molecule has 200 valence electrons. The number of furan rings is 1. The molecule has 0 saturated carbocycles. The fourth-order valence-corrected chi connectivity index (χ4v) is 6.10. The van der Waals surface area contributed by atoms with Crippen LogP contribution in [-0.2, 0) is 0 Å². The Bertz CT molecular complexity index is 3130. The van der Waals surface area contributed by atoms with E-state index in [2.05, 4.69) is 6.07 Å². The summed E-state index contributed by atoms with van der Waals surface area (Å²) in [6.07, 6.45) is 0.